The van der Waals surface area contributed by atoms with E-state index in [-0.39, 0.29) is 12.1 Å². The van der Waals surface area contributed by atoms with Crippen molar-refractivity contribution in [3.05, 3.63) is 23.9 Å². The second-order valence-corrected chi connectivity index (χ2v) is 5.33. The van der Waals surface area contributed by atoms with Gasteiger partial charge in [0.2, 0.25) is 0 Å². The summed E-state index contributed by atoms with van der Waals surface area (Å²) in [6, 6.07) is 3.86. The molecule has 0 spiro atoms. The van der Waals surface area contributed by atoms with Crippen molar-refractivity contribution in [2.24, 2.45) is 0 Å². The van der Waals surface area contributed by atoms with E-state index in [2.05, 4.69) is 36.0 Å². The van der Waals surface area contributed by atoms with Crippen molar-refractivity contribution in [2.45, 2.75) is 46.8 Å². The van der Waals surface area contributed by atoms with Crippen LogP contribution in [0.3, 0.4) is 0 Å². The van der Waals surface area contributed by atoms with Crippen LogP contribution < -0.4 is 10.2 Å². The molecule has 0 radical (unpaired) electrons. The lowest BCUT2D eigenvalue weighted by atomic mass is 10.2. The van der Waals surface area contributed by atoms with Gasteiger partial charge in [-0.2, -0.15) is 0 Å². The van der Waals surface area contributed by atoms with Crippen LogP contribution in [-0.2, 0) is 4.74 Å². The summed E-state index contributed by atoms with van der Waals surface area (Å²) in [5.41, 5.74) is 0.525. The van der Waals surface area contributed by atoms with Crippen molar-refractivity contribution in [3.63, 3.8) is 0 Å². The van der Waals surface area contributed by atoms with E-state index in [0.29, 0.717) is 17.4 Å². The Morgan fingerprint density at radius 3 is 2.67 bits per heavy atom. The van der Waals surface area contributed by atoms with E-state index in [1.165, 1.54) is 0 Å². The molecule has 0 bridgehead atoms. The summed E-state index contributed by atoms with van der Waals surface area (Å²) in [6.45, 7) is 12.5. The van der Waals surface area contributed by atoms with E-state index < -0.39 is 0 Å². The molecule has 0 unspecified atom stereocenters. The van der Waals surface area contributed by atoms with E-state index in [0.717, 1.165) is 19.6 Å². The first-order valence-corrected chi connectivity index (χ1v) is 7.63. The van der Waals surface area contributed by atoms with Crippen LogP contribution in [0.4, 0.5) is 5.82 Å². The zero-order valence-electron chi connectivity index (χ0n) is 13.7. The summed E-state index contributed by atoms with van der Waals surface area (Å²) in [5, 5.41) is 3.38. The summed E-state index contributed by atoms with van der Waals surface area (Å²) < 4.78 is 5.30. The lowest BCUT2D eigenvalue weighted by molar-refractivity contribution is 0.0378. The topological polar surface area (TPSA) is 54.5 Å². The third-order valence-electron chi connectivity index (χ3n) is 3.08. The zero-order chi connectivity index (χ0) is 15.8. The summed E-state index contributed by atoms with van der Waals surface area (Å²) in [7, 11) is 0. The molecule has 0 aromatic carbocycles. The lowest BCUT2D eigenvalue weighted by Crippen LogP contribution is -2.40. The van der Waals surface area contributed by atoms with E-state index in [9.17, 15) is 4.79 Å². The van der Waals surface area contributed by atoms with Gasteiger partial charge < -0.3 is 15.0 Å². The molecule has 5 nitrogen and oxygen atoms in total. The smallest absolute Gasteiger partial charge is 0.342 e. The molecular formula is C16H27N3O2. The number of esters is 1. The molecule has 1 aromatic rings. The number of rotatable bonds is 8. The van der Waals surface area contributed by atoms with Gasteiger partial charge in [0.25, 0.3) is 0 Å². The fourth-order valence-corrected chi connectivity index (χ4v) is 2.19. The van der Waals surface area contributed by atoms with Crippen molar-refractivity contribution >= 4 is 11.8 Å². The first-order chi connectivity index (χ1) is 9.99. The third kappa shape index (κ3) is 5.34. The number of nitrogens with zero attached hydrogens (tertiary/aromatic N) is 2. The summed E-state index contributed by atoms with van der Waals surface area (Å²) in [6.07, 6.45) is 1.57. The standard InChI is InChI=1S/C16H27N3O2/c1-6-17-13(5)11-19(7-2)15-14(9-8-10-18-15)16(20)21-12(3)4/h8-10,12-13,17H,6-7,11H2,1-5H3/t13-/m1/s1. The van der Waals surface area contributed by atoms with Crippen molar-refractivity contribution in [2.75, 3.05) is 24.5 Å². The molecule has 1 N–H and O–H groups in total. The monoisotopic (exact) mass is 293 g/mol. The molecule has 1 atom stereocenters. The molecule has 21 heavy (non-hydrogen) atoms. The Kier molecular flexibility index (Phi) is 7.15. The van der Waals surface area contributed by atoms with Gasteiger partial charge in [-0.1, -0.05) is 6.92 Å². The highest BCUT2D eigenvalue weighted by Crippen LogP contribution is 2.19. The average Bonchev–Trinajstić information content (AvgIpc) is 2.44. The number of hydrogen-bond acceptors (Lipinski definition) is 5. The highest BCUT2D eigenvalue weighted by Gasteiger charge is 2.20. The minimum atomic E-state index is -0.317. The molecule has 0 aliphatic rings. The Morgan fingerprint density at radius 2 is 2.10 bits per heavy atom. The van der Waals surface area contributed by atoms with Crippen LogP contribution in [-0.4, -0.2) is 42.7 Å². The highest BCUT2D eigenvalue weighted by molar-refractivity contribution is 5.94. The van der Waals surface area contributed by atoms with Crippen LogP contribution in [0.1, 0.15) is 45.0 Å². The quantitative estimate of drug-likeness (QED) is 0.746. The van der Waals surface area contributed by atoms with Gasteiger partial charge in [0.1, 0.15) is 11.4 Å². The molecule has 1 aromatic heterocycles. The molecule has 0 saturated heterocycles. The normalized spacial score (nSPS) is 12.3. The summed E-state index contributed by atoms with van der Waals surface area (Å²) >= 11 is 0. The maximum atomic E-state index is 12.2. The van der Waals surface area contributed by atoms with Crippen LogP contribution in [0.2, 0.25) is 0 Å². The molecule has 5 heteroatoms. The number of ether oxygens (including phenoxy) is 1. The van der Waals surface area contributed by atoms with Crippen LogP contribution in [0, 0.1) is 0 Å². The molecule has 1 rings (SSSR count). The van der Waals surface area contributed by atoms with Gasteiger partial charge in [0, 0.05) is 25.3 Å². The van der Waals surface area contributed by atoms with Crippen LogP contribution >= 0.6 is 0 Å². The second kappa shape index (κ2) is 8.62. The number of anilines is 1. The number of nitrogens with one attached hydrogen (secondary N) is 1. The molecule has 0 fully saturated rings. The number of aromatic nitrogens is 1. The van der Waals surface area contributed by atoms with Gasteiger partial charge in [-0.05, 0) is 46.4 Å². The van der Waals surface area contributed by atoms with E-state index in [1.54, 1.807) is 18.3 Å². The van der Waals surface area contributed by atoms with Gasteiger partial charge >= 0.3 is 5.97 Å². The molecule has 0 saturated carbocycles. The highest BCUT2D eigenvalue weighted by atomic mass is 16.5. The number of likely N-dealkylation sites (N-methyl/N-ethyl adjacent to an activating group) is 2. The van der Waals surface area contributed by atoms with E-state index in [4.69, 9.17) is 4.74 Å². The van der Waals surface area contributed by atoms with Crippen LogP contribution in [0.15, 0.2) is 18.3 Å². The molecule has 1 heterocycles. The summed E-state index contributed by atoms with van der Waals surface area (Å²) in [4.78, 5) is 18.7. The first-order valence-electron chi connectivity index (χ1n) is 7.63. The molecule has 0 aliphatic heterocycles. The van der Waals surface area contributed by atoms with Gasteiger partial charge in [0.15, 0.2) is 0 Å². The Bertz CT molecular complexity index is 449. The first kappa shape index (κ1) is 17.4. The average molecular weight is 293 g/mol. The van der Waals surface area contributed by atoms with Crippen molar-refractivity contribution in [3.8, 4) is 0 Å². The van der Waals surface area contributed by atoms with E-state index in [1.807, 2.05) is 13.8 Å². The number of hydrogen-bond donors (Lipinski definition) is 1. The SMILES string of the molecule is CCN[C@H](C)CN(CC)c1ncccc1C(=O)OC(C)C. The van der Waals surface area contributed by atoms with Gasteiger partial charge in [0.05, 0.1) is 6.10 Å². The Balaban J connectivity index is 2.96. The van der Waals surface area contributed by atoms with Gasteiger partial charge in [-0.15, -0.1) is 0 Å². The minimum absolute atomic E-state index is 0.138. The van der Waals surface area contributed by atoms with Gasteiger partial charge in [-0.25, -0.2) is 9.78 Å². The number of pyridine rings is 1. The minimum Gasteiger partial charge on any atom is -0.459 e. The maximum absolute atomic E-state index is 12.2. The van der Waals surface area contributed by atoms with E-state index >= 15 is 0 Å². The van der Waals surface area contributed by atoms with Crippen molar-refractivity contribution in [1.82, 2.24) is 10.3 Å². The molecule has 0 amide bonds. The summed E-state index contributed by atoms with van der Waals surface area (Å²) in [5.74, 6) is 0.373. The molecule has 118 valence electrons. The third-order valence-corrected chi connectivity index (χ3v) is 3.08. The number of carbonyl (C=O) groups is 1. The van der Waals surface area contributed by atoms with Crippen LogP contribution in [0.25, 0.3) is 0 Å². The predicted molar refractivity (Wildman–Crippen MR) is 85.8 cm³/mol. The van der Waals surface area contributed by atoms with Crippen molar-refractivity contribution < 1.29 is 9.53 Å². The molecular weight excluding hydrogens is 266 g/mol. The van der Waals surface area contributed by atoms with Crippen LogP contribution in [0.5, 0.6) is 0 Å². The fraction of sp³-hybridized carbons (Fsp3) is 0.625. The van der Waals surface area contributed by atoms with Crippen molar-refractivity contribution in [1.29, 1.82) is 0 Å². The van der Waals surface area contributed by atoms with Gasteiger partial charge in [-0.3, -0.25) is 0 Å². The fourth-order valence-electron chi connectivity index (χ4n) is 2.19. The maximum Gasteiger partial charge on any atom is 0.342 e. The Hall–Kier alpha value is -1.62. The predicted octanol–water partition coefficient (Wildman–Crippen LogP) is 2.47. The second-order valence-electron chi connectivity index (χ2n) is 5.33. The number of carbonyl (C=O) groups excluding carboxylic acids is 1. The molecule has 0 aliphatic carbocycles. The lowest BCUT2D eigenvalue weighted by Gasteiger charge is -2.27. The largest absolute Gasteiger partial charge is 0.459 e. The Labute approximate surface area is 127 Å². The zero-order valence-corrected chi connectivity index (χ0v) is 13.7. The Morgan fingerprint density at radius 1 is 1.38 bits per heavy atom.